The van der Waals surface area contributed by atoms with Crippen LogP contribution in [0, 0.1) is 6.92 Å². The predicted octanol–water partition coefficient (Wildman–Crippen LogP) is 6.77. The van der Waals surface area contributed by atoms with Crippen molar-refractivity contribution in [2.45, 2.75) is 31.2 Å². The maximum Gasteiger partial charge on any atom is 0.229 e. The minimum absolute atomic E-state index is 0.0255. The molecule has 0 spiro atoms. The van der Waals surface area contributed by atoms with Crippen LogP contribution in [0.3, 0.4) is 0 Å². The van der Waals surface area contributed by atoms with Crippen LogP contribution in [-0.2, 0) is 11.3 Å². The fraction of sp³-hybridized carbons (Fsp3) is 0.240. The van der Waals surface area contributed by atoms with E-state index in [4.69, 9.17) is 21.3 Å². The first-order chi connectivity index (χ1) is 16.0. The molecule has 1 amide bonds. The summed E-state index contributed by atoms with van der Waals surface area (Å²) >= 11 is 9.58. The Kier molecular flexibility index (Phi) is 7.85. The summed E-state index contributed by atoms with van der Waals surface area (Å²) in [6.07, 6.45) is 4.70. The van der Waals surface area contributed by atoms with E-state index in [1.54, 1.807) is 48.3 Å². The van der Waals surface area contributed by atoms with Crippen molar-refractivity contribution in [2.24, 2.45) is 0 Å². The number of fused-ring (bicyclic) bond motifs is 1. The molecule has 0 unspecified atom stereocenters. The van der Waals surface area contributed by atoms with Crippen LogP contribution in [0.15, 0.2) is 65.8 Å². The fourth-order valence-electron chi connectivity index (χ4n) is 3.34. The molecule has 2 aromatic heterocycles. The number of rotatable bonds is 9. The number of methoxy groups -OCH3 is 1. The van der Waals surface area contributed by atoms with Gasteiger partial charge in [0.2, 0.25) is 5.91 Å². The Morgan fingerprint density at radius 2 is 2.00 bits per heavy atom. The predicted molar refractivity (Wildman–Crippen MR) is 138 cm³/mol. The maximum absolute atomic E-state index is 13.3. The molecule has 0 radical (unpaired) electrons. The molecule has 0 saturated carbocycles. The first-order valence-electron chi connectivity index (χ1n) is 10.6. The smallest absolute Gasteiger partial charge is 0.229 e. The molecule has 5 nitrogen and oxygen atoms in total. The lowest BCUT2D eigenvalue weighted by atomic mass is 10.2. The second-order valence-electron chi connectivity index (χ2n) is 7.53. The van der Waals surface area contributed by atoms with Gasteiger partial charge in [0.25, 0.3) is 0 Å². The third kappa shape index (κ3) is 5.85. The lowest BCUT2D eigenvalue weighted by Crippen LogP contribution is -2.30. The lowest BCUT2D eigenvalue weighted by Gasteiger charge is -2.20. The number of pyridine rings is 1. The zero-order valence-corrected chi connectivity index (χ0v) is 20.8. The molecule has 0 bridgehead atoms. The molecule has 0 N–H and O–H groups in total. The van der Waals surface area contributed by atoms with Gasteiger partial charge in [-0.15, -0.1) is 11.8 Å². The molecule has 170 valence electrons. The molecule has 8 heteroatoms. The SMILES string of the molecule is COc1ccc(Cl)c2sc(N(Cc3cccnc3)C(=O)CCCSc3ccc(C)cc3)nc12. The monoisotopic (exact) mass is 497 g/mol. The Labute approximate surface area is 206 Å². The average Bonchev–Trinajstić information content (AvgIpc) is 3.28. The number of hydrogen-bond acceptors (Lipinski definition) is 6. The Hall–Kier alpha value is -2.61. The van der Waals surface area contributed by atoms with Crippen LogP contribution < -0.4 is 9.64 Å². The number of thiazole rings is 1. The molecular formula is C25H24ClN3O2S2. The number of hydrogen-bond donors (Lipinski definition) is 0. The van der Waals surface area contributed by atoms with Gasteiger partial charge in [0.15, 0.2) is 5.13 Å². The number of carbonyl (C=O) groups excluding carboxylic acids is 1. The van der Waals surface area contributed by atoms with Gasteiger partial charge >= 0.3 is 0 Å². The summed E-state index contributed by atoms with van der Waals surface area (Å²) in [5.41, 5.74) is 2.86. The summed E-state index contributed by atoms with van der Waals surface area (Å²) in [6, 6.07) is 15.9. The van der Waals surface area contributed by atoms with Gasteiger partial charge in [-0.3, -0.25) is 14.7 Å². The normalized spacial score (nSPS) is 11.0. The van der Waals surface area contributed by atoms with Crippen molar-refractivity contribution in [1.29, 1.82) is 0 Å². The van der Waals surface area contributed by atoms with E-state index in [0.29, 0.717) is 34.4 Å². The fourth-order valence-corrected chi connectivity index (χ4v) is 5.47. The van der Waals surface area contributed by atoms with E-state index in [-0.39, 0.29) is 5.91 Å². The van der Waals surface area contributed by atoms with Crippen molar-refractivity contribution in [3.63, 3.8) is 0 Å². The van der Waals surface area contributed by atoms with E-state index in [2.05, 4.69) is 36.2 Å². The number of benzene rings is 2. The van der Waals surface area contributed by atoms with Crippen molar-refractivity contribution in [3.05, 3.63) is 77.1 Å². The minimum Gasteiger partial charge on any atom is -0.494 e. The van der Waals surface area contributed by atoms with Gasteiger partial charge in [-0.2, -0.15) is 0 Å². The molecule has 0 atom stereocenters. The van der Waals surface area contributed by atoms with Crippen LogP contribution in [0.1, 0.15) is 24.0 Å². The molecular weight excluding hydrogens is 474 g/mol. The van der Waals surface area contributed by atoms with Crippen LogP contribution >= 0.6 is 34.7 Å². The van der Waals surface area contributed by atoms with Crippen molar-refractivity contribution in [2.75, 3.05) is 17.8 Å². The highest BCUT2D eigenvalue weighted by atomic mass is 35.5. The van der Waals surface area contributed by atoms with Crippen LogP contribution in [-0.4, -0.2) is 28.7 Å². The second-order valence-corrected chi connectivity index (χ2v) is 10.1. The Balaban J connectivity index is 1.52. The number of aryl methyl sites for hydroxylation is 1. The number of amides is 1. The summed E-state index contributed by atoms with van der Waals surface area (Å²) in [5.74, 6) is 1.53. The number of aromatic nitrogens is 2. The van der Waals surface area contributed by atoms with Crippen molar-refractivity contribution in [3.8, 4) is 5.75 Å². The van der Waals surface area contributed by atoms with Crippen LogP contribution in [0.2, 0.25) is 5.02 Å². The summed E-state index contributed by atoms with van der Waals surface area (Å²) in [6.45, 7) is 2.48. The summed E-state index contributed by atoms with van der Waals surface area (Å²) < 4.78 is 6.26. The molecule has 0 aliphatic carbocycles. The number of halogens is 1. The quantitative estimate of drug-likeness (QED) is 0.189. The number of anilines is 1. The van der Waals surface area contributed by atoms with Crippen molar-refractivity contribution >= 4 is 56.0 Å². The molecule has 4 aromatic rings. The van der Waals surface area contributed by atoms with E-state index >= 15 is 0 Å². The summed E-state index contributed by atoms with van der Waals surface area (Å²) in [7, 11) is 1.60. The number of nitrogens with zero attached hydrogens (tertiary/aromatic N) is 3. The van der Waals surface area contributed by atoms with E-state index in [0.717, 1.165) is 22.4 Å². The Bertz CT molecular complexity index is 1230. The van der Waals surface area contributed by atoms with Gasteiger partial charge < -0.3 is 4.74 Å². The highest BCUT2D eigenvalue weighted by Gasteiger charge is 2.22. The van der Waals surface area contributed by atoms with Gasteiger partial charge in [0, 0.05) is 23.7 Å². The number of carbonyl (C=O) groups is 1. The molecule has 0 aliphatic heterocycles. The van der Waals surface area contributed by atoms with E-state index < -0.39 is 0 Å². The van der Waals surface area contributed by atoms with Gasteiger partial charge in [-0.25, -0.2) is 4.98 Å². The third-order valence-corrected chi connectivity index (χ3v) is 7.72. The zero-order valence-electron chi connectivity index (χ0n) is 18.5. The standard InChI is InChI=1S/C25H24ClN3O2S2/c1-17-7-9-19(10-8-17)32-14-4-6-22(30)29(16-18-5-3-13-27-15-18)25-28-23-21(31-2)12-11-20(26)24(23)33-25/h3,5,7-13,15H,4,6,14,16H2,1-2H3. The topological polar surface area (TPSA) is 55.3 Å². The minimum atomic E-state index is 0.0255. The molecule has 4 rings (SSSR count). The summed E-state index contributed by atoms with van der Waals surface area (Å²) in [5, 5.41) is 1.20. The molecule has 0 fully saturated rings. The highest BCUT2D eigenvalue weighted by molar-refractivity contribution is 7.99. The Morgan fingerprint density at radius 3 is 2.73 bits per heavy atom. The van der Waals surface area contributed by atoms with Gasteiger partial charge in [-0.1, -0.05) is 46.7 Å². The lowest BCUT2D eigenvalue weighted by molar-refractivity contribution is -0.118. The number of ether oxygens (including phenoxy) is 1. The van der Waals surface area contributed by atoms with Crippen LogP contribution in [0.25, 0.3) is 10.2 Å². The van der Waals surface area contributed by atoms with Gasteiger partial charge in [0.05, 0.1) is 23.4 Å². The maximum atomic E-state index is 13.3. The second kappa shape index (κ2) is 11.0. The summed E-state index contributed by atoms with van der Waals surface area (Å²) in [4.78, 5) is 25.2. The van der Waals surface area contributed by atoms with Gasteiger partial charge in [0.1, 0.15) is 11.3 Å². The average molecular weight is 498 g/mol. The largest absolute Gasteiger partial charge is 0.494 e. The van der Waals surface area contributed by atoms with E-state index in [1.807, 2.05) is 12.1 Å². The van der Waals surface area contributed by atoms with Gasteiger partial charge in [-0.05, 0) is 55.0 Å². The van der Waals surface area contributed by atoms with E-state index in [9.17, 15) is 4.79 Å². The van der Waals surface area contributed by atoms with Crippen molar-refractivity contribution < 1.29 is 9.53 Å². The first-order valence-corrected chi connectivity index (χ1v) is 12.7. The zero-order chi connectivity index (χ0) is 23.2. The van der Waals surface area contributed by atoms with Crippen LogP contribution in [0.4, 0.5) is 5.13 Å². The number of thioether (sulfide) groups is 1. The molecule has 0 saturated heterocycles. The molecule has 33 heavy (non-hydrogen) atoms. The van der Waals surface area contributed by atoms with Crippen LogP contribution in [0.5, 0.6) is 5.75 Å². The third-order valence-electron chi connectivity index (χ3n) is 5.09. The van der Waals surface area contributed by atoms with Crippen molar-refractivity contribution in [1.82, 2.24) is 9.97 Å². The molecule has 2 heterocycles. The molecule has 2 aromatic carbocycles. The first kappa shape index (κ1) is 23.5. The van der Waals surface area contributed by atoms with E-state index in [1.165, 1.54) is 21.8 Å². The molecule has 0 aliphatic rings. The highest BCUT2D eigenvalue weighted by Crippen LogP contribution is 2.39. The Morgan fingerprint density at radius 1 is 1.18 bits per heavy atom.